The summed E-state index contributed by atoms with van der Waals surface area (Å²) < 4.78 is 16.6. The quantitative estimate of drug-likeness (QED) is 0.358. The number of ether oxygens (including phenoxy) is 2. The monoisotopic (exact) mass is 446 g/mol. The molecular formula is C21H19ClN2O5S. The van der Waals surface area contributed by atoms with Crippen molar-refractivity contribution >= 4 is 35.4 Å². The van der Waals surface area contributed by atoms with Gasteiger partial charge >= 0.3 is 5.97 Å². The van der Waals surface area contributed by atoms with Gasteiger partial charge in [-0.3, -0.25) is 0 Å². The van der Waals surface area contributed by atoms with Crippen LogP contribution in [0.15, 0.2) is 57.0 Å². The highest BCUT2D eigenvalue weighted by Crippen LogP contribution is 2.38. The summed E-state index contributed by atoms with van der Waals surface area (Å²) in [5.41, 5.74) is 1.51. The minimum atomic E-state index is -1.13. The van der Waals surface area contributed by atoms with Crippen LogP contribution in [0.2, 0.25) is 5.02 Å². The number of carbonyl (C=O) groups is 1. The second-order valence-corrected chi connectivity index (χ2v) is 7.44. The number of aryl methyl sites for hydroxylation is 1. The van der Waals surface area contributed by atoms with Crippen LogP contribution < -0.4 is 9.47 Å². The molecule has 30 heavy (non-hydrogen) atoms. The van der Waals surface area contributed by atoms with E-state index in [2.05, 4.69) is 10.2 Å². The van der Waals surface area contributed by atoms with Crippen molar-refractivity contribution in [2.45, 2.75) is 25.2 Å². The highest BCUT2D eigenvalue weighted by molar-refractivity contribution is 8.03. The van der Waals surface area contributed by atoms with E-state index in [0.29, 0.717) is 41.0 Å². The number of rotatable bonds is 9. The number of carboxylic acids is 1. The van der Waals surface area contributed by atoms with E-state index in [0.717, 1.165) is 17.3 Å². The molecule has 0 radical (unpaired) electrons. The van der Waals surface area contributed by atoms with Crippen molar-refractivity contribution in [3.05, 3.63) is 69.4 Å². The number of aliphatic carboxylic acids is 1. The summed E-state index contributed by atoms with van der Waals surface area (Å²) in [6.07, 6.45) is 2.02. The van der Waals surface area contributed by atoms with Gasteiger partial charge in [0.25, 0.3) is 5.22 Å². The fraction of sp³-hybridized carbons (Fsp3) is 0.190. The maximum absolute atomic E-state index is 11.7. The van der Waals surface area contributed by atoms with Gasteiger partial charge in [-0.1, -0.05) is 48.9 Å². The molecule has 3 aromatic rings. The van der Waals surface area contributed by atoms with Crippen LogP contribution in [-0.2, 0) is 17.8 Å². The molecule has 0 saturated carbocycles. The molecule has 0 bridgehead atoms. The van der Waals surface area contributed by atoms with Crippen molar-refractivity contribution in [1.82, 2.24) is 10.2 Å². The first-order valence-corrected chi connectivity index (χ1v) is 10.2. The van der Waals surface area contributed by atoms with Crippen molar-refractivity contribution in [3.63, 3.8) is 0 Å². The Labute approximate surface area is 182 Å². The van der Waals surface area contributed by atoms with Gasteiger partial charge in [-0.25, -0.2) is 4.79 Å². The summed E-state index contributed by atoms with van der Waals surface area (Å²) in [7, 11) is 1.49. The summed E-state index contributed by atoms with van der Waals surface area (Å²) in [5.74, 6) is 0.0854. The molecule has 156 valence electrons. The molecule has 2 aromatic carbocycles. The van der Waals surface area contributed by atoms with Crippen LogP contribution in [0.3, 0.4) is 0 Å². The van der Waals surface area contributed by atoms with Crippen molar-refractivity contribution in [3.8, 4) is 11.5 Å². The molecule has 3 rings (SSSR count). The van der Waals surface area contributed by atoms with Crippen LogP contribution in [0.5, 0.6) is 11.5 Å². The largest absolute Gasteiger partial charge is 0.493 e. The Balaban J connectivity index is 1.85. The number of hydrogen-bond acceptors (Lipinski definition) is 7. The van der Waals surface area contributed by atoms with Gasteiger partial charge in [0.15, 0.2) is 11.5 Å². The lowest BCUT2D eigenvalue weighted by Gasteiger charge is -2.13. The van der Waals surface area contributed by atoms with Crippen LogP contribution in [0.4, 0.5) is 0 Å². The molecule has 1 N–H and O–H groups in total. The zero-order chi connectivity index (χ0) is 21.5. The molecule has 1 aromatic heterocycles. The van der Waals surface area contributed by atoms with Crippen molar-refractivity contribution in [2.75, 3.05) is 7.11 Å². The van der Waals surface area contributed by atoms with Gasteiger partial charge in [-0.05, 0) is 41.1 Å². The Morgan fingerprint density at radius 3 is 2.67 bits per heavy atom. The van der Waals surface area contributed by atoms with Crippen molar-refractivity contribution in [2.24, 2.45) is 0 Å². The van der Waals surface area contributed by atoms with Crippen molar-refractivity contribution < 1.29 is 23.8 Å². The van der Waals surface area contributed by atoms with Gasteiger partial charge in [0, 0.05) is 6.42 Å². The van der Waals surface area contributed by atoms with Gasteiger partial charge < -0.3 is 19.0 Å². The van der Waals surface area contributed by atoms with Crippen LogP contribution >= 0.6 is 23.4 Å². The van der Waals surface area contributed by atoms with E-state index in [1.165, 1.54) is 13.2 Å². The van der Waals surface area contributed by atoms with E-state index >= 15 is 0 Å². The van der Waals surface area contributed by atoms with Crippen molar-refractivity contribution in [1.29, 1.82) is 0 Å². The summed E-state index contributed by atoms with van der Waals surface area (Å²) in [5, 5.41) is 17.7. The van der Waals surface area contributed by atoms with Crippen LogP contribution in [0, 0.1) is 0 Å². The molecule has 0 atom stereocenters. The first-order chi connectivity index (χ1) is 14.5. The van der Waals surface area contributed by atoms with E-state index < -0.39 is 5.97 Å². The topological polar surface area (TPSA) is 94.7 Å². The zero-order valence-electron chi connectivity index (χ0n) is 16.3. The van der Waals surface area contributed by atoms with E-state index in [1.807, 2.05) is 37.3 Å². The second-order valence-electron chi connectivity index (χ2n) is 6.04. The fourth-order valence-electron chi connectivity index (χ4n) is 2.50. The number of carboxylic acid groups (broad SMARTS) is 1. The Bertz CT molecular complexity index is 1050. The van der Waals surface area contributed by atoms with Crippen LogP contribution in [0.25, 0.3) is 6.08 Å². The number of nitrogens with zero attached hydrogens (tertiary/aromatic N) is 2. The maximum atomic E-state index is 11.7. The van der Waals surface area contributed by atoms with Crippen LogP contribution in [0.1, 0.15) is 23.9 Å². The predicted octanol–water partition coefficient (Wildman–Crippen LogP) is 5.09. The normalized spacial score (nSPS) is 11.4. The second kappa shape index (κ2) is 10.2. The number of methoxy groups -OCH3 is 1. The van der Waals surface area contributed by atoms with E-state index in [-0.39, 0.29) is 10.1 Å². The third-order valence-electron chi connectivity index (χ3n) is 3.93. The average molecular weight is 447 g/mol. The number of aromatic nitrogens is 2. The number of thioether (sulfide) groups is 1. The molecule has 0 amide bonds. The van der Waals surface area contributed by atoms with Crippen LogP contribution in [-0.4, -0.2) is 28.4 Å². The maximum Gasteiger partial charge on any atom is 0.342 e. The number of halogens is 1. The Kier molecular flexibility index (Phi) is 7.37. The molecule has 7 nitrogen and oxygen atoms in total. The zero-order valence-corrected chi connectivity index (χ0v) is 17.9. The van der Waals surface area contributed by atoms with Gasteiger partial charge in [-0.2, -0.15) is 0 Å². The van der Waals surface area contributed by atoms with E-state index in [1.54, 1.807) is 12.1 Å². The highest BCUT2D eigenvalue weighted by Gasteiger charge is 2.17. The number of benzene rings is 2. The highest BCUT2D eigenvalue weighted by atomic mass is 35.5. The SMILES string of the molecule is CCc1nnc(S/C(=C\c2cc(Cl)c(OCc3ccccc3)c(OC)c2)C(=O)O)o1. The van der Waals surface area contributed by atoms with Gasteiger partial charge in [-0.15, -0.1) is 10.2 Å². The lowest BCUT2D eigenvalue weighted by molar-refractivity contribution is -0.131. The molecular weight excluding hydrogens is 428 g/mol. The Morgan fingerprint density at radius 2 is 2.03 bits per heavy atom. The molecule has 0 aliphatic rings. The molecule has 0 aliphatic heterocycles. The lowest BCUT2D eigenvalue weighted by atomic mass is 10.2. The third kappa shape index (κ3) is 5.55. The van der Waals surface area contributed by atoms with E-state index in [4.69, 9.17) is 25.5 Å². The average Bonchev–Trinajstić information content (AvgIpc) is 3.20. The van der Waals surface area contributed by atoms with Gasteiger partial charge in [0.2, 0.25) is 5.89 Å². The standard InChI is InChI=1S/C21H19ClN2O5S/c1-3-18-23-24-21(29-18)30-17(20(25)26)11-14-9-15(22)19(16(10-14)27-2)28-12-13-7-5-4-6-8-13/h4-11H,3,12H2,1-2H3,(H,25,26)/b17-11-. The molecule has 0 aliphatic carbocycles. The summed E-state index contributed by atoms with van der Waals surface area (Å²) >= 11 is 7.26. The smallest absolute Gasteiger partial charge is 0.342 e. The summed E-state index contributed by atoms with van der Waals surface area (Å²) in [6, 6.07) is 12.9. The predicted molar refractivity (Wildman–Crippen MR) is 114 cm³/mol. The first kappa shape index (κ1) is 21.7. The number of hydrogen-bond donors (Lipinski definition) is 1. The minimum Gasteiger partial charge on any atom is -0.493 e. The first-order valence-electron chi connectivity index (χ1n) is 8.99. The van der Waals surface area contributed by atoms with E-state index in [9.17, 15) is 9.90 Å². The molecule has 1 heterocycles. The fourth-order valence-corrected chi connectivity index (χ4v) is 3.46. The molecule has 0 fully saturated rings. The molecule has 0 spiro atoms. The Hall–Kier alpha value is -2.97. The van der Waals surface area contributed by atoms with Gasteiger partial charge in [0.05, 0.1) is 12.1 Å². The molecule has 0 saturated heterocycles. The molecule has 9 heteroatoms. The third-order valence-corrected chi connectivity index (χ3v) is 5.07. The lowest BCUT2D eigenvalue weighted by Crippen LogP contribution is -2.00. The Morgan fingerprint density at radius 1 is 1.27 bits per heavy atom. The minimum absolute atomic E-state index is 0.00243. The summed E-state index contributed by atoms with van der Waals surface area (Å²) in [6.45, 7) is 2.19. The van der Waals surface area contributed by atoms with Gasteiger partial charge in [0.1, 0.15) is 11.5 Å². The molecule has 0 unspecified atom stereocenters. The summed E-state index contributed by atoms with van der Waals surface area (Å²) in [4.78, 5) is 11.7.